The summed E-state index contributed by atoms with van der Waals surface area (Å²) < 4.78 is 42.5. The molecule has 1 saturated heterocycles. The summed E-state index contributed by atoms with van der Waals surface area (Å²) in [6, 6.07) is 0. The van der Waals surface area contributed by atoms with Gasteiger partial charge in [0.1, 0.15) is 18.3 Å². The minimum Gasteiger partial charge on any atom is -0.387 e. The quantitative estimate of drug-likeness (QED) is 0.0302. The van der Waals surface area contributed by atoms with Crippen LogP contribution in [0.25, 0.3) is 0 Å². The summed E-state index contributed by atoms with van der Waals surface area (Å²) >= 11 is 0. The third-order valence-corrected chi connectivity index (χ3v) is 13.4. The van der Waals surface area contributed by atoms with E-state index in [1.165, 1.54) is 56.6 Å². The van der Waals surface area contributed by atoms with E-state index in [0.717, 1.165) is 115 Å². The van der Waals surface area contributed by atoms with Crippen LogP contribution in [0.4, 0.5) is 0 Å². The van der Waals surface area contributed by atoms with Gasteiger partial charge in [-0.15, -0.1) is 0 Å². The third-order valence-electron chi connectivity index (χ3n) is 12.0. The predicted octanol–water partition coefficient (Wildman–Crippen LogP) is 15.2. The van der Waals surface area contributed by atoms with E-state index in [0.29, 0.717) is 0 Å². The molecule has 388 valence electrons. The van der Waals surface area contributed by atoms with Gasteiger partial charge < -0.3 is 29.6 Å². The van der Waals surface area contributed by atoms with E-state index in [9.17, 15) is 24.2 Å². The Balaban J connectivity index is 2.27. The molecule has 5 N–H and O–H groups in total. The van der Waals surface area contributed by atoms with Crippen LogP contribution in [0.2, 0.25) is 0 Å². The molecule has 1 heterocycles. The lowest BCUT2D eigenvalue weighted by molar-refractivity contribution is -0.127. The lowest BCUT2D eigenvalue weighted by Crippen LogP contribution is -2.34. The van der Waals surface area contributed by atoms with Crippen LogP contribution in [0.3, 0.4) is 0 Å². The fourth-order valence-electron chi connectivity index (χ4n) is 7.42. The number of aliphatic hydroxyl groups is 2. The number of phosphoric ester groups is 2. The van der Waals surface area contributed by atoms with E-state index in [2.05, 4.69) is 128 Å². The van der Waals surface area contributed by atoms with Gasteiger partial charge in [-0.2, -0.15) is 0 Å². The van der Waals surface area contributed by atoms with Gasteiger partial charge in [0, 0.05) is 0 Å². The second-order valence-electron chi connectivity index (χ2n) is 19.3. The van der Waals surface area contributed by atoms with Crippen LogP contribution >= 0.6 is 15.6 Å². The Morgan fingerprint density at radius 1 is 0.426 bits per heavy atom. The molecule has 0 aromatic carbocycles. The Kier molecular flexibility index (Phi) is 33.2. The Bertz CT molecular complexity index is 1900. The number of ether oxygens (including phenoxy) is 1. The Labute approximate surface area is 412 Å². The highest BCUT2D eigenvalue weighted by Gasteiger charge is 2.47. The molecule has 0 amide bonds. The summed E-state index contributed by atoms with van der Waals surface area (Å²) in [7, 11) is -9.56. The second kappa shape index (κ2) is 35.6. The molecule has 0 spiro atoms. The van der Waals surface area contributed by atoms with E-state index >= 15 is 0 Å². The monoisotopic (exact) mass is 991 g/mol. The molecule has 1 aliphatic rings. The zero-order chi connectivity index (χ0) is 51.1. The number of hydrogen-bond acceptors (Lipinski definition) is 8. The molecule has 11 nitrogen and oxygen atoms in total. The maximum absolute atomic E-state index is 12.4. The Morgan fingerprint density at radius 3 is 0.985 bits per heavy atom. The first kappa shape index (κ1) is 63.5. The fourth-order valence-corrected chi connectivity index (χ4v) is 8.52. The van der Waals surface area contributed by atoms with Crippen molar-refractivity contribution in [2.45, 2.75) is 216 Å². The van der Waals surface area contributed by atoms with Crippen molar-refractivity contribution in [3.05, 3.63) is 116 Å². The molecule has 1 rings (SSSR count). The van der Waals surface area contributed by atoms with Crippen molar-refractivity contribution in [2.24, 2.45) is 0 Å². The lowest BCUT2D eigenvalue weighted by Gasteiger charge is -2.18. The van der Waals surface area contributed by atoms with Crippen molar-refractivity contribution in [2.75, 3.05) is 13.2 Å². The van der Waals surface area contributed by atoms with Gasteiger partial charge in [-0.25, -0.2) is 9.13 Å². The van der Waals surface area contributed by atoms with Gasteiger partial charge in [0.15, 0.2) is 6.29 Å². The number of aliphatic hydroxyl groups excluding tert-OH is 2. The van der Waals surface area contributed by atoms with Crippen molar-refractivity contribution >= 4 is 15.6 Å². The zero-order valence-corrected chi connectivity index (χ0v) is 45.6. The van der Waals surface area contributed by atoms with E-state index in [1.807, 2.05) is 6.92 Å². The van der Waals surface area contributed by atoms with Crippen molar-refractivity contribution in [3.63, 3.8) is 0 Å². The highest BCUT2D eigenvalue weighted by atomic mass is 31.2. The summed E-state index contributed by atoms with van der Waals surface area (Å²) in [5.41, 5.74) is 14.0. The van der Waals surface area contributed by atoms with E-state index in [4.69, 9.17) is 23.6 Å². The minimum atomic E-state index is -4.86. The standard InChI is InChI=1S/C55H92O11P2/c1-42(2)21-12-22-43(3)23-13-24-44(4)25-14-26-45(5)27-15-28-46(6)29-16-30-47(7)31-17-32-48(8)33-18-34-49(9)35-19-36-50(10)37-20-38-51(11)39-40-63-68(61,62)66-55-54(57)53(56)52(65-55)41-64-67(58,59)60/h21,23,25,27,29,31,33,35,37,39,52-57H,12-20,22,24,26,28,30,32,34,36,38,40-41H2,1-11H3,(H,61,62)(H2,58,59,60)/b43-23+,44-25-,45-27-,46-29-,47-31-,48-33-,49-35-,50-37-,51-39-/t52-,53-,54-,55+/m1/s1. The summed E-state index contributed by atoms with van der Waals surface area (Å²) in [4.78, 5) is 27.7. The molecule has 0 radical (unpaired) electrons. The molecule has 5 atom stereocenters. The summed E-state index contributed by atoms with van der Waals surface area (Å²) in [6.07, 6.45) is 35.7. The van der Waals surface area contributed by atoms with Crippen molar-refractivity contribution < 1.29 is 52.3 Å². The highest BCUT2D eigenvalue weighted by Crippen LogP contribution is 2.47. The first-order valence-corrected chi connectivity index (χ1v) is 27.9. The lowest BCUT2D eigenvalue weighted by atomic mass is 10.0. The molecule has 13 heteroatoms. The average molecular weight is 991 g/mol. The van der Waals surface area contributed by atoms with Crippen molar-refractivity contribution in [3.8, 4) is 0 Å². The van der Waals surface area contributed by atoms with Crippen molar-refractivity contribution in [1.29, 1.82) is 0 Å². The van der Waals surface area contributed by atoms with Crippen molar-refractivity contribution in [1.82, 2.24) is 0 Å². The van der Waals surface area contributed by atoms with E-state index in [1.54, 1.807) is 6.08 Å². The van der Waals surface area contributed by atoms with Gasteiger partial charge in [-0.3, -0.25) is 13.6 Å². The van der Waals surface area contributed by atoms with Crippen LogP contribution < -0.4 is 0 Å². The van der Waals surface area contributed by atoms with Crippen LogP contribution in [0.15, 0.2) is 116 Å². The Hall–Kier alpha value is -2.50. The first-order valence-electron chi connectivity index (χ1n) is 24.9. The van der Waals surface area contributed by atoms with E-state index in [-0.39, 0.29) is 6.61 Å². The van der Waals surface area contributed by atoms with Gasteiger partial charge in [0.2, 0.25) is 0 Å². The van der Waals surface area contributed by atoms with Gasteiger partial charge in [-0.1, -0.05) is 116 Å². The smallest absolute Gasteiger partial charge is 0.387 e. The zero-order valence-electron chi connectivity index (χ0n) is 43.8. The largest absolute Gasteiger partial charge is 0.474 e. The summed E-state index contributed by atoms with van der Waals surface area (Å²) in [5.74, 6) is 0. The van der Waals surface area contributed by atoms with Crippen LogP contribution in [-0.4, -0.2) is 62.7 Å². The van der Waals surface area contributed by atoms with Gasteiger partial charge >= 0.3 is 15.6 Å². The number of rotatable bonds is 35. The number of hydrogen-bond donors (Lipinski definition) is 5. The van der Waals surface area contributed by atoms with Gasteiger partial charge in [-0.05, 0) is 192 Å². The topological polar surface area (TPSA) is 172 Å². The second-order valence-corrected chi connectivity index (χ2v) is 21.9. The van der Waals surface area contributed by atoms with Crippen LogP contribution in [0, 0.1) is 0 Å². The van der Waals surface area contributed by atoms with Gasteiger partial charge in [0.05, 0.1) is 13.2 Å². The maximum atomic E-state index is 12.4. The Morgan fingerprint density at radius 2 is 0.706 bits per heavy atom. The average Bonchev–Trinajstić information content (AvgIpc) is 3.49. The normalized spacial score (nSPS) is 20.9. The van der Waals surface area contributed by atoms with Crippen LogP contribution in [0.5, 0.6) is 0 Å². The molecule has 0 bridgehead atoms. The summed E-state index contributed by atoms with van der Waals surface area (Å²) in [6.45, 7) is 23.2. The van der Waals surface area contributed by atoms with Crippen LogP contribution in [-0.2, 0) is 27.4 Å². The molecule has 0 saturated carbocycles. The third kappa shape index (κ3) is 33.9. The molecule has 0 aromatic rings. The minimum absolute atomic E-state index is 0.235. The van der Waals surface area contributed by atoms with E-state index < -0.39 is 46.9 Å². The highest BCUT2D eigenvalue weighted by molar-refractivity contribution is 7.47. The summed E-state index contributed by atoms with van der Waals surface area (Å²) in [5, 5.41) is 20.1. The molecule has 1 aliphatic heterocycles. The molecule has 1 fully saturated rings. The number of allylic oxidation sites excluding steroid dienone is 19. The molecule has 1 unspecified atom stereocenters. The maximum Gasteiger partial charge on any atom is 0.474 e. The first-order chi connectivity index (χ1) is 32.0. The number of phosphoric acid groups is 2. The van der Waals surface area contributed by atoms with Crippen LogP contribution in [0.1, 0.15) is 192 Å². The van der Waals surface area contributed by atoms with Gasteiger partial charge in [0.25, 0.3) is 0 Å². The molecule has 68 heavy (non-hydrogen) atoms. The molecular formula is C55H92O11P2. The molecule has 0 aromatic heterocycles. The SMILES string of the molecule is CC(C)=CCC/C(C)=C/CC/C(C)=C\CC/C(C)=C\CC/C(C)=C\CC/C(C)=C\CC/C(C)=C\CC/C(C)=C\CC/C(C)=C\CC/C(C)=C\COP(=O)(O)O[C@@H]1O[C@H](COP(=O)(O)O)[C@@H](O)[C@H]1O. The predicted molar refractivity (Wildman–Crippen MR) is 282 cm³/mol. The molecule has 0 aliphatic carbocycles. The molecular weight excluding hydrogens is 899 g/mol. The fraction of sp³-hybridized carbons (Fsp3) is 0.636.